The minimum absolute atomic E-state index is 0.0145. The maximum absolute atomic E-state index is 13.2. The standard InChI is InChI=1S/C23H14FNO5/c24-14-5-3-4-13(10-14)23(29)30-12-20(26)25-15-8-9-18-19(11-15)22(28)17-7-2-1-6-16(17)21(18)27/h1-11H,12H2,(H,25,26). The van der Waals surface area contributed by atoms with E-state index in [1.54, 1.807) is 24.3 Å². The lowest BCUT2D eigenvalue weighted by atomic mass is 9.84. The fraction of sp³-hybridized carbons (Fsp3) is 0.0435. The Kier molecular flexibility index (Phi) is 4.93. The fourth-order valence-corrected chi connectivity index (χ4v) is 3.20. The third-order valence-electron chi connectivity index (χ3n) is 4.60. The first-order valence-electron chi connectivity index (χ1n) is 8.99. The van der Waals surface area contributed by atoms with E-state index in [-0.39, 0.29) is 33.9 Å². The topological polar surface area (TPSA) is 89.5 Å². The summed E-state index contributed by atoms with van der Waals surface area (Å²) < 4.78 is 18.0. The number of esters is 1. The van der Waals surface area contributed by atoms with Gasteiger partial charge in [-0.3, -0.25) is 14.4 Å². The highest BCUT2D eigenvalue weighted by Crippen LogP contribution is 2.29. The van der Waals surface area contributed by atoms with Crippen molar-refractivity contribution in [3.05, 3.63) is 100 Å². The van der Waals surface area contributed by atoms with Gasteiger partial charge in [0.1, 0.15) is 5.82 Å². The SMILES string of the molecule is O=C(COC(=O)c1cccc(F)c1)Nc1ccc2c(c1)C(=O)c1ccccc1C2=O. The summed E-state index contributed by atoms with van der Waals surface area (Å²) in [5.41, 5.74) is 1.36. The molecule has 1 aliphatic carbocycles. The third kappa shape index (κ3) is 3.60. The van der Waals surface area contributed by atoms with Crippen LogP contribution in [0.15, 0.2) is 66.7 Å². The zero-order chi connectivity index (χ0) is 21.3. The van der Waals surface area contributed by atoms with Gasteiger partial charge in [-0.2, -0.15) is 0 Å². The van der Waals surface area contributed by atoms with Crippen molar-refractivity contribution in [2.45, 2.75) is 0 Å². The van der Waals surface area contributed by atoms with Gasteiger partial charge in [0.05, 0.1) is 5.56 Å². The molecule has 1 N–H and O–H groups in total. The van der Waals surface area contributed by atoms with Crippen LogP contribution in [0.5, 0.6) is 0 Å². The summed E-state index contributed by atoms with van der Waals surface area (Å²) in [6.07, 6.45) is 0. The van der Waals surface area contributed by atoms with Crippen molar-refractivity contribution >= 4 is 29.1 Å². The highest BCUT2D eigenvalue weighted by atomic mass is 19.1. The number of hydrogen-bond donors (Lipinski definition) is 1. The van der Waals surface area contributed by atoms with Gasteiger partial charge >= 0.3 is 5.97 Å². The van der Waals surface area contributed by atoms with Crippen LogP contribution in [0.25, 0.3) is 0 Å². The Morgan fingerprint density at radius 1 is 0.800 bits per heavy atom. The lowest BCUT2D eigenvalue weighted by Crippen LogP contribution is -2.23. The molecule has 0 heterocycles. The lowest BCUT2D eigenvalue weighted by Gasteiger charge is -2.18. The maximum atomic E-state index is 13.2. The summed E-state index contributed by atoms with van der Waals surface area (Å²) in [6.45, 7) is -0.595. The largest absolute Gasteiger partial charge is 0.452 e. The second kappa shape index (κ2) is 7.71. The molecule has 148 valence electrons. The van der Waals surface area contributed by atoms with Gasteiger partial charge in [-0.1, -0.05) is 30.3 Å². The molecule has 0 spiro atoms. The van der Waals surface area contributed by atoms with Crippen LogP contribution in [0.2, 0.25) is 0 Å². The summed E-state index contributed by atoms with van der Waals surface area (Å²) in [7, 11) is 0. The second-order valence-corrected chi connectivity index (χ2v) is 6.60. The quantitative estimate of drug-likeness (QED) is 0.528. The molecule has 4 rings (SSSR count). The van der Waals surface area contributed by atoms with Crippen molar-refractivity contribution in [3.8, 4) is 0 Å². The second-order valence-electron chi connectivity index (χ2n) is 6.60. The Balaban J connectivity index is 1.46. The van der Waals surface area contributed by atoms with E-state index in [4.69, 9.17) is 4.74 Å². The molecule has 0 unspecified atom stereocenters. The van der Waals surface area contributed by atoms with Crippen LogP contribution in [-0.2, 0) is 9.53 Å². The Morgan fingerprint density at radius 2 is 1.47 bits per heavy atom. The van der Waals surface area contributed by atoms with Crippen LogP contribution in [0.4, 0.5) is 10.1 Å². The zero-order valence-electron chi connectivity index (χ0n) is 15.5. The van der Waals surface area contributed by atoms with Crippen LogP contribution in [0.1, 0.15) is 42.2 Å². The Bertz CT molecular complexity index is 1220. The molecule has 6 nitrogen and oxygen atoms in total. The van der Waals surface area contributed by atoms with Gasteiger partial charge in [0.25, 0.3) is 5.91 Å². The van der Waals surface area contributed by atoms with Crippen LogP contribution < -0.4 is 5.32 Å². The number of ether oxygens (including phenoxy) is 1. The number of rotatable bonds is 4. The summed E-state index contributed by atoms with van der Waals surface area (Å²) >= 11 is 0. The summed E-state index contributed by atoms with van der Waals surface area (Å²) in [5.74, 6) is -2.65. The van der Waals surface area contributed by atoms with Crippen molar-refractivity contribution in [1.82, 2.24) is 0 Å². The number of halogens is 1. The van der Waals surface area contributed by atoms with E-state index in [2.05, 4.69) is 5.32 Å². The summed E-state index contributed by atoms with van der Waals surface area (Å²) in [6, 6.07) is 15.8. The predicted octanol–water partition coefficient (Wildman–Crippen LogP) is 3.40. The molecular weight excluding hydrogens is 389 g/mol. The molecule has 0 fully saturated rings. The molecule has 1 amide bonds. The van der Waals surface area contributed by atoms with Gasteiger partial charge < -0.3 is 10.1 Å². The molecule has 0 aromatic heterocycles. The molecule has 30 heavy (non-hydrogen) atoms. The number of benzene rings is 3. The number of carbonyl (C=O) groups excluding carboxylic acids is 4. The molecule has 1 aliphatic rings. The predicted molar refractivity (Wildman–Crippen MR) is 105 cm³/mol. The minimum atomic E-state index is -0.840. The Labute approximate surface area is 170 Å². The monoisotopic (exact) mass is 403 g/mol. The molecule has 0 aliphatic heterocycles. The van der Waals surface area contributed by atoms with E-state index in [0.29, 0.717) is 11.1 Å². The highest BCUT2D eigenvalue weighted by molar-refractivity contribution is 6.28. The van der Waals surface area contributed by atoms with Crippen molar-refractivity contribution in [2.24, 2.45) is 0 Å². The molecular formula is C23H14FNO5. The molecule has 0 radical (unpaired) electrons. The number of anilines is 1. The van der Waals surface area contributed by atoms with Crippen molar-refractivity contribution in [2.75, 3.05) is 11.9 Å². The van der Waals surface area contributed by atoms with Gasteiger partial charge in [0.2, 0.25) is 0 Å². The van der Waals surface area contributed by atoms with E-state index in [0.717, 1.165) is 6.07 Å². The van der Waals surface area contributed by atoms with Crippen molar-refractivity contribution < 1.29 is 28.3 Å². The number of ketones is 2. The van der Waals surface area contributed by atoms with Crippen LogP contribution >= 0.6 is 0 Å². The summed E-state index contributed by atoms with van der Waals surface area (Å²) in [5, 5.41) is 2.52. The van der Waals surface area contributed by atoms with Crippen molar-refractivity contribution in [3.63, 3.8) is 0 Å². The van der Waals surface area contributed by atoms with Gasteiger partial charge in [-0.25, -0.2) is 9.18 Å². The number of hydrogen-bond acceptors (Lipinski definition) is 5. The smallest absolute Gasteiger partial charge is 0.338 e. The van der Waals surface area contributed by atoms with Crippen LogP contribution in [0.3, 0.4) is 0 Å². The molecule has 7 heteroatoms. The number of amides is 1. The fourth-order valence-electron chi connectivity index (χ4n) is 3.20. The molecule has 3 aromatic rings. The summed E-state index contributed by atoms with van der Waals surface area (Å²) in [4.78, 5) is 49.3. The molecule has 0 atom stereocenters. The van der Waals surface area contributed by atoms with E-state index in [1.165, 1.54) is 36.4 Å². The molecule has 0 saturated heterocycles. The molecule has 0 bridgehead atoms. The van der Waals surface area contributed by atoms with E-state index in [9.17, 15) is 23.6 Å². The highest BCUT2D eigenvalue weighted by Gasteiger charge is 2.29. The number of nitrogens with one attached hydrogen (secondary N) is 1. The average molecular weight is 403 g/mol. The Hall–Kier alpha value is -4.13. The zero-order valence-corrected chi connectivity index (χ0v) is 15.5. The molecule has 3 aromatic carbocycles. The van der Waals surface area contributed by atoms with Crippen LogP contribution in [-0.4, -0.2) is 30.0 Å². The van der Waals surface area contributed by atoms with E-state index >= 15 is 0 Å². The first-order valence-corrected chi connectivity index (χ1v) is 8.99. The van der Waals surface area contributed by atoms with E-state index in [1.807, 2.05) is 0 Å². The van der Waals surface area contributed by atoms with E-state index < -0.39 is 24.3 Å². The van der Waals surface area contributed by atoms with Gasteiger partial charge in [0.15, 0.2) is 18.2 Å². The van der Waals surface area contributed by atoms with Gasteiger partial charge in [0, 0.05) is 27.9 Å². The van der Waals surface area contributed by atoms with Crippen LogP contribution in [0, 0.1) is 5.82 Å². The number of fused-ring (bicyclic) bond motifs is 2. The molecule has 0 saturated carbocycles. The Morgan fingerprint density at radius 3 is 2.17 bits per heavy atom. The van der Waals surface area contributed by atoms with Gasteiger partial charge in [-0.05, 0) is 36.4 Å². The van der Waals surface area contributed by atoms with Crippen molar-refractivity contribution in [1.29, 1.82) is 0 Å². The van der Waals surface area contributed by atoms with Gasteiger partial charge in [-0.15, -0.1) is 0 Å². The minimum Gasteiger partial charge on any atom is -0.452 e. The lowest BCUT2D eigenvalue weighted by molar-refractivity contribution is -0.119. The normalized spacial score (nSPS) is 12.0. The third-order valence-corrected chi connectivity index (χ3v) is 4.60. The first-order chi connectivity index (χ1) is 14.4. The average Bonchev–Trinajstić information content (AvgIpc) is 2.76. The maximum Gasteiger partial charge on any atom is 0.338 e. The first kappa shape index (κ1) is 19.2. The number of carbonyl (C=O) groups is 4.